The van der Waals surface area contributed by atoms with Crippen LogP contribution >= 0.6 is 0 Å². The molecule has 0 bridgehead atoms. The second-order valence-corrected chi connectivity index (χ2v) is 4.46. The monoisotopic (exact) mass is 259 g/mol. The lowest BCUT2D eigenvalue weighted by atomic mass is 10.3. The first-order chi connectivity index (χ1) is 9.15. The van der Waals surface area contributed by atoms with Gasteiger partial charge in [0.15, 0.2) is 0 Å². The number of likely N-dealkylation sites (N-methyl/N-ethyl adjacent to an activating group) is 1. The fourth-order valence-corrected chi connectivity index (χ4v) is 1.55. The molecule has 0 spiro atoms. The largest absolute Gasteiger partial charge is 0.318 e. The summed E-state index contributed by atoms with van der Waals surface area (Å²) in [7, 11) is 4.01. The van der Waals surface area contributed by atoms with Crippen molar-refractivity contribution in [3.63, 3.8) is 0 Å². The maximum atomic E-state index is 11.9. The quantitative estimate of drug-likeness (QED) is 0.873. The number of hydrogen-bond acceptors (Lipinski definition) is 4. The number of nitrogens with zero attached hydrogens (tertiary/aromatic N) is 4. The Balaban J connectivity index is 1.95. The lowest BCUT2D eigenvalue weighted by Gasteiger charge is -2.08. The van der Waals surface area contributed by atoms with Crippen LogP contribution in [0.5, 0.6) is 0 Å². The lowest BCUT2D eigenvalue weighted by molar-refractivity contribution is 0.102. The molecule has 0 aliphatic heterocycles. The second kappa shape index (κ2) is 6.10. The molecule has 1 N–H and O–H groups in total. The van der Waals surface area contributed by atoms with Gasteiger partial charge in [-0.25, -0.2) is 0 Å². The molecule has 2 aromatic rings. The number of rotatable bonds is 5. The summed E-state index contributed by atoms with van der Waals surface area (Å²) in [4.78, 5) is 17.9. The summed E-state index contributed by atoms with van der Waals surface area (Å²) in [6.45, 7) is 1.68. The second-order valence-electron chi connectivity index (χ2n) is 4.46. The van der Waals surface area contributed by atoms with Gasteiger partial charge in [-0.15, -0.1) is 0 Å². The van der Waals surface area contributed by atoms with Gasteiger partial charge in [-0.1, -0.05) is 6.07 Å². The van der Waals surface area contributed by atoms with Crippen molar-refractivity contribution in [2.45, 2.75) is 6.54 Å². The maximum absolute atomic E-state index is 11.9. The Morgan fingerprint density at radius 3 is 2.95 bits per heavy atom. The number of anilines is 1. The predicted octanol–water partition coefficient (Wildman–Crippen LogP) is 1.09. The van der Waals surface area contributed by atoms with Gasteiger partial charge in [0, 0.05) is 18.9 Å². The molecule has 19 heavy (non-hydrogen) atoms. The van der Waals surface area contributed by atoms with E-state index in [0.29, 0.717) is 11.4 Å². The molecule has 2 rings (SSSR count). The molecule has 100 valence electrons. The van der Waals surface area contributed by atoms with Gasteiger partial charge in [-0.3, -0.25) is 14.5 Å². The fraction of sp³-hybridized carbons (Fsp3) is 0.308. The number of carbonyl (C=O) groups excluding carboxylic acids is 1. The summed E-state index contributed by atoms with van der Waals surface area (Å²) in [5.41, 5.74) is 1.07. The minimum atomic E-state index is -0.229. The van der Waals surface area contributed by atoms with Gasteiger partial charge in [-0.05, 0) is 26.2 Å². The summed E-state index contributed by atoms with van der Waals surface area (Å²) in [5, 5.41) is 6.96. The van der Waals surface area contributed by atoms with Crippen LogP contribution < -0.4 is 5.32 Å². The van der Waals surface area contributed by atoms with E-state index in [0.717, 1.165) is 13.1 Å². The fourth-order valence-electron chi connectivity index (χ4n) is 1.55. The normalized spacial score (nSPS) is 10.7. The van der Waals surface area contributed by atoms with Gasteiger partial charge >= 0.3 is 0 Å². The van der Waals surface area contributed by atoms with Crippen LogP contribution in [-0.2, 0) is 6.54 Å². The smallest absolute Gasteiger partial charge is 0.274 e. The third-order valence-electron chi connectivity index (χ3n) is 2.56. The molecule has 0 aliphatic carbocycles. The predicted molar refractivity (Wildman–Crippen MR) is 73.0 cm³/mol. The molecule has 0 aromatic carbocycles. The SMILES string of the molecule is CN(C)CCn1cc(NC(=O)c2ccccn2)cn1. The molecule has 0 radical (unpaired) electrons. The highest BCUT2D eigenvalue weighted by Gasteiger charge is 2.08. The van der Waals surface area contributed by atoms with Crippen LogP contribution in [0.2, 0.25) is 0 Å². The van der Waals surface area contributed by atoms with Crippen molar-refractivity contribution < 1.29 is 4.79 Å². The van der Waals surface area contributed by atoms with Crippen LogP contribution in [0.1, 0.15) is 10.5 Å². The van der Waals surface area contributed by atoms with Crippen molar-refractivity contribution in [2.24, 2.45) is 0 Å². The Bertz CT molecular complexity index is 535. The van der Waals surface area contributed by atoms with Gasteiger partial charge in [0.1, 0.15) is 5.69 Å². The molecule has 2 heterocycles. The van der Waals surface area contributed by atoms with E-state index in [1.54, 1.807) is 35.3 Å². The highest BCUT2D eigenvalue weighted by atomic mass is 16.1. The van der Waals surface area contributed by atoms with Crippen molar-refractivity contribution in [1.82, 2.24) is 19.7 Å². The van der Waals surface area contributed by atoms with Crippen LogP contribution in [0.15, 0.2) is 36.8 Å². The summed E-state index contributed by atoms with van der Waals surface area (Å²) >= 11 is 0. The lowest BCUT2D eigenvalue weighted by Crippen LogP contribution is -2.18. The first-order valence-corrected chi connectivity index (χ1v) is 6.05. The first-order valence-electron chi connectivity index (χ1n) is 6.05. The number of hydrogen-bond donors (Lipinski definition) is 1. The summed E-state index contributed by atoms with van der Waals surface area (Å²) in [5.74, 6) is -0.229. The minimum absolute atomic E-state index is 0.229. The van der Waals surface area contributed by atoms with E-state index < -0.39 is 0 Å². The Kier molecular flexibility index (Phi) is 4.25. The molecule has 6 heteroatoms. The van der Waals surface area contributed by atoms with Gasteiger partial charge in [0.05, 0.1) is 18.4 Å². The van der Waals surface area contributed by atoms with Crippen LogP contribution in [0.4, 0.5) is 5.69 Å². The van der Waals surface area contributed by atoms with Crippen LogP contribution in [-0.4, -0.2) is 46.2 Å². The third kappa shape index (κ3) is 3.89. The standard InChI is InChI=1S/C13H17N5O/c1-17(2)7-8-18-10-11(9-15-18)16-13(19)12-5-3-4-6-14-12/h3-6,9-10H,7-8H2,1-2H3,(H,16,19). The first kappa shape index (κ1) is 13.2. The minimum Gasteiger partial charge on any atom is -0.318 e. The summed E-state index contributed by atoms with van der Waals surface area (Å²) in [6.07, 6.45) is 5.04. The molecule has 0 aliphatic rings. The molecule has 0 atom stereocenters. The zero-order valence-electron chi connectivity index (χ0n) is 11.1. The highest BCUT2D eigenvalue weighted by Crippen LogP contribution is 2.07. The average Bonchev–Trinajstić information content (AvgIpc) is 2.85. The van der Waals surface area contributed by atoms with Gasteiger partial charge in [0.25, 0.3) is 5.91 Å². The molecule has 0 fully saturated rings. The van der Waals surface area contributed by atoms with Crippen molar-refractivity contribution in [3.8, 4) is 0 Å². The molecule has 6 nitrogen and oxygen atoms in total. The van der Waals surface area contributed by atoms with Crippen molar-refractivity contribution in [2.75, 3.05) is 26.0 Å². The molecular formula is C13H17N5O. The van der Waals surface area contributed by atoms with E-state index in [-0.39, 0.29) is 5.91 Å². The van der Waals surface area contributed by atoms with E-state index in [1.165, 1.54) is 0 Å². The Hall–Kier alpha value is -2.21. The van der Waals surface area contributed by atoms with Gasteiger partial charge < -0.3 is 10.2 Å². The van der Waals surface area contributed by atoms with Crippen LogP contribution in [0.25, 0.3) is 0 Å². The van der Waals surface area contributed by atoms with E-state index in [2.05, 4.69) is 20.3 Å². The maximum Gasteiger partial charge on any atom is 0.274 e. The van der Waals surface area contributed by atoms with Gasteiger partial charge in [-0.2, -0.15) is 5.10 Å². The van der Waals surface area contributed by atoms with E-state index in [9.17, 15) is 4.79 Å². The summed E-state index contributed by atoms with van der Waals surface area (Å²) < 4.78 is 1.80. The van der Waals surface area contributed by atoms with Crippen molar-refractivity contribution >= 4 is 11.6 Å². The Labute approximate surface area is 112 Å². The molecule has 0 unspecified atom stereocenters. The number of amides is 1. The highest BCUT2D eigenvalue weighted by molar-refractivity contribution is 6.02. The topological polar surface area (TPSA) is 63.0 Å². The van der Waals surface area contributed by atoms with Crippen molar-refractivity contribution in [1.29, 1.82) is 0 Å². The Morgan fingerprint density at radius 2 is 2.26 bits per heavy atom. The molecular weight excluding hydrogens is 242 g/mol. The van der Waals surface area contributed by atoms with E-state index in [1.807, 2.05) is 20.3 Å². The van der Waals surface area contributed by atoms with E-state index >= 15 is 0 Å². The average molecular weight is 259 g/mol. The number of carbonyl (C=O) groups is 1. The number of nitrogens with one attached hydrogen (secondary N) is 1. The van der Waals surface area contributed by atoms with E-state index in [4.69, 9.17) is 0 Å². The number of pyridine rings is 1. The van der Waals surface area contributed by atoms with Gasteiger partial charge in [0.2, 0.25) is 0 Å². The van der Waals surface area contributed by atoms with Crippen molar-refractivity contribution in [3.05, 3.63) is 42.5 Å². The molecule has 1 amide bonds. The molecule has 2 aromatic heterocycles. The zero-order chi connectivity index (χ0) is 13.7. The van der Waals surface area contributed by atoms with Crippen LogP contribution in [0.3, 0.4) is 0 Å². The van der Waals surface area contributed by atoms with Crippen LogP contribution in [0, 0.1) is 0 Å². The number of aromatic nitrogens is 3. The summed E-state index contributed by atoms with van der Waals surface area (Å²) in [6, 6.07) is 5.23. The molecule has 0 saturated carbocycles. The zero-order valence-corrected chi connectivity index (χ0v) is 11.1. The Morgan fingerprint density at radius 1 is 1.42 bits per heavy atom. The molecule has 0 saturated heterocycles. The third-order valence-corrected chi connectivity index (χ3v) is 2.56.